The fourth-order valence-electron chi connectivity index (χ4n) is 2.96. The molecule has 1 aliphatic rings. The van der Waals surface area contributed by atoms with E-state index in [2.05, 4.69) is 35.9 Å². The second kappa shape index (κ2) is 7.09. The smallest absolute Gasteiger partial charge is 0.161 e. The fraction of sp³-hybridized carbons (Fsp3) is 0.800. The highest BCUT2D eigenvalue weighted by Gasteiger charge is 2.31. The fourth-order valence-corrected chi connectivity index (χ4v) is 2.96. The van der Waals surface area contributed by atoms with Crippen LogP contribution in [0.3, 0.4) is 0 Å². The van der Waals surface area contributed by atoms with Gasteiger partial charge in [0.2, 0.25) is 0 Å². The van der Waals surface area contributed by atoms with Crippen LogP contribution in [0.2, 0.25) is 0 Å². The number of nitrogens with one attached hydrogen (secondary N) is 1. The average molecular weight is 281 g/mol. The number of methoxy groups -OCH3 is 1. The second-order valence-electron chi connectivity index (χ2n) is 5.65. The monoisotopic (exact) mass is 281 g/mol. The molecule has 2 atom stereocenters. The van der Waals surface area contributed by atoms with Gasteiger partial charge in [-0.2, -0.15) is 5.10 Å². The van der Waals surface area contributed by atoms with Crippen molar-refractivity contribution in [2.45, 2.75) is 45.7 Å². The zero-order valence-electron chi connectivity index (χ0n) is 13.1. The van der Waals surface area contributed by atoms with E-state index < -0.39 is 0 Å². The van der Waals surface area contributed by atoms with Crippen LogP contribution in [0.4, 0.5) is 0 Å². The largest absolute Gasteiger partial charge is 0.493 e. The maximum absolute atomic E-state index is 5.67. The molecule has 0 bridgehead atoms. The third kappa shape index (κ3) is 3.15. The minimum atomic E-state index is 0.236. The Hall–Kier alpha value is -1.07. The normalized spacial score (nSPS) is 21.1. The van der Waals surface area contributed by atoms with Crippen molar-refractivity contribution in [2.75, 3.05) is 26.9 Å². The van der Waals surface area contributed by atoms with Crippen LogP contribution in [-0.2, 0) is 4.74 Å². The SMILES string of the molecule is CCNC(c1c(OC)cnn1C(C)C)C1CCCOC1. The van der Waals surface area contributed by atoms with Crippen molar-refractivity contribution in [1.29, 1.82) is 0 Å². The van der Waals surface area contributed by atoms with Crippen LogP contribution in [0.15, 0.2) is 6.20 Å². The molecule has 0 spiro atoms. The number of ether oxygens (including phenoxy) is 2. The Labute approximate surface area is 121 Å². The first-order valence-corrected chi connectivity index (χ1v) is 7.61. The summed E-state index contributed by atoms with van der Waals surface area (Å²) in [5.74, 6) is 1.35. The van der Waals surface area contributed by atoms with Gasteiger partial charge in [0.1, 0.15) is 0 Å². The van der Waals surface area contributed by atoms with Crippen molar-refractivity contribution < 1.29 is 9.47 Å². The summed E-state index contributed by atoms with van der Waals surface area (Å²) in [5, 5.41) is 8.10. The molecule has 2 rings (SSSR count). The highest BCUT2D eigenvalue weighted by molar-refractivity contribution is 5.29. The summed E-state index contributed by atoms with van der Waals surface area (Å²) in [7, 11) is 1.71. The molecule has 20 heavy (non-hydrogen) atoms. The molecular weight excluding hydrogens is 254 g/mol. The van der Waals surface area contributed by atoms with Gasteiger partial charge in [0, 0.05) is 18.6 Å². The van der Waals surface area contributed by atoms with Crippen molar-refractivity contribution >= 4 is 0 Å². The van der Waals surface area contributed by atoms with Crippen LogP contribution in [0.1, 0.15) is 51.4 Å². The molecule has 5 heteroatoms. The molecule has 0 aliphatic carbocycles. The Morgan fingerprint density at radius 1 is 1.55 bits per heavy atom. The molecule has 1 aromatic rings. The Morgan fingerprint density at radius 3 is 2.90 bits per heavy atom. The second-order valence-corrected chi connectivity index (χ2v) is 5.65. The average Bonchev–Trinajstić information content (AvgIpc) is 2.89. The van der Waals surface area contributed by atoms with E-state index in [9.17, 15) is 0 Å². The van der Waals surface area contributed by atoms with Gasteiger partial charge >= 0.3 is 0 Å². The highest BCUT2D eigenvalue weighted by atomic mass is 16.5. The number of hydrogen-bond acceptors (Lipinski definition) is 4. The Bertz CT molecular complexity index is 411. The number of aromatic nitrogens is 2. The molecule has 0 aromatic carbocycles. The summed E-state index contributed by atoms with van der Waals surface area (Å²) in [6.07, 6.45) is 4.14. The maximum atomic E-state index is 5.67. The van der Waals surface area contributed by atoms with Crippen LogP contribution >= 0.6 is 0 Å². The van der Waals surface area contributed by atoms with Gasteiger partial charge < -0.3 is 14.8 Å². The molecule has 5 nitrogen and oxygen atoms in total. The van der Waals surface area contributed by atoms with Crippen molar-refractivity contribution in [3.05, 3.63) is 11.9 Å². The number of rotatable bonds is 6. The van der Waals surface area contributed by atoms with Gasteiger partial charge in [0.05, 0.1) is 31.6 Å². The third-order valence-electron chi connectivity index (χ3n) is 3.89. The van der Waals surface area contributed by atoms with Gasteiger partial charge in [-0.15, -0.1) is 0 Å². The summed E-state index contributed by atoms with van der Waals surface area (Å²) in [5.41, 5.74) is 1.15. The van der Waals surface area contributed by atoms with Crippen molar-refractivity contribution in [3.8, 4) is 5.75 Å². The highest BCUT2D eigenvalue weighted by Crippen LogP contribution is 2.35. The summed E-state index contributed by atoms with van der Waals surface area (Å²) in [6, 6.07) is 0.555. The Morgan fingerprint density at radius 2 is 2.35 bits per heavy atom. The predicted molar refractivity (Wildman–Crippen MR) is 79.1 cm³/mol. The summed E-state index contributed by atoms with van der Waals surface area (Å²) in [4.78, 5) is 0. The molecule has 1 N–H and O–H groups in total. The van der Waals surface area contributed by atoms with E-state index in [0.29, 0.717) is 12.0 Å². The molecule has 1 fully saturated rings. The lowest BCUT2D eigenvalue weighted by atomic mass is 9.91. The minimum Gasteiger partial charge on any atom is -0.493 e. The number of nitrogens with zero attached hydrogens (tertiary/aromatic N) is 2. The van der Waals surface area contributed by atoms with E-state index in [0.717, 1.165) is 37.6 Å². The molecule has 1 aromatic heterocycles. The maximum Gasteiger partial charge on any atom is 0.161 e. The predicted octanol–water partition coefficient (Wildman–Crippen LogP) is 2.55. The molecular formula is C15H27N3O2. The first kappa shape index (κ1) is 15.3. The van der Waals surface area contributed by atoms with Crippen LogP contribution in [-0.4, -0.2) is 36.6 Å². The Balaban J connectivity index is 2.33. The zero-order chi connectivity index (χ0) is 14.5. The molecule has 2 heterocycles. The van der Waals surface area contributed by atoms with Crippen molar-refractivity contribution in [1.82, 2.24) is 15.1 Å². The van der Waals surface area contributed by atoms with Gasteiger partial charge in [-0.25, -0.2) is 0 Å². The van der Waals surface area contributed by atoms with E-state index >= 15 is 0 Å². The van der Waals surface area contributed by atoms with E-state index in [1.165, 1.54) is 6.42 Å². The van der Waals surface area contributed by atoms with E-state index in [1.807, 2.05) is 6.20 Å². The van der Waals surface area contributed by atoms with Gasteiger partial charge in [-0.1, -0.05) is 6.92 Å². The van der Waals surface area contributed by atoms with Crippen LogP contribution in [0, 0.1) is 5.92 Å². The quantitative estimate of drug-likeness (QED) is 0.870. The summed E-state index contributed by atoms with van der Waals surface area (Å²) >= 11 is 0. The lowest BCUT2D eigenvalue weighted by Gasteiger charge is -2.32. The lowest BCUT2D eigenvalue weighted by Crippen LogP contribution is -2.35. The molecule has 1 aliphatic heterocycles. The third-order valence-corrected chi connectivity index (χ3v) is 3.89. The Kier molecular flexibility index (Phi) is 5.43. The van der Waals surface area contributed by atoms with E-state index in [-0.39, 0.29) is 6.04 Å². The summed E-state index contributed by atoms with van der Waals surface area (Å²) < 4.78 is 13.3. The molecule has 2 unspecified atom stereocenters. The van der Waals surface area contributed by atoms with E-state index in [4.69, 9.17) is 9.47 Å². The molecule has 0 saturated carbocycles. The van der Waals surface area contributed by atoms with Crippen LogP contribution in [0.25, 0.3) is 0 Å². The molecule has 0 radical (unpaired) electrons. The number of hydrogen-bond donors (Lipinski definition) is 1. The first-order valence-electron chi connectivity index (χ1n) is 7.61. The molecule has 114 valence electrons. The topological polar surface area (TPSA) is 48.3 Å². The van der Waals surface area contributed by atoms with Gasteiger partial charge in [0.25, 0.3) is 0 Å². The van der Waals surface area contributed by atoms with Crippen molar-refractivity contribution in [2.24, 2.45) is 5.92 Å². The van der Waals surface area contributed by atoms with Gasteiger partial charge in [0.15, 0.2) is 5.75 Å². The summed E-state index contributed by atoms with van der Waals surface area (Å²) in [6.45, 7) is 9.06. The molecule has 1 saturated heterocycles. The lowest BCUT2D eigenvalue weighted by molar-refractivity contribution is 0.0373. The first-order chi connectivity index (χ1) is 9.69. The van der Waals surface area contributed by atoms with Gasteiger partial charge in [-0.05, 0) is 33.2 Å². The van der Waals surface area contributed by atoms with Crippen molar-refractivity contribution in [3.63, 3.8) is 0 Å². The van der Waals surface area contributed by atoms with Crippen LogP contribution in [0.5, 0.6) is 5.75 Å². The van der Waals surface area contributed by atoms with E-state index in [1.54, 1.807) is 7.11 Å². The van der Waals surface area contributed by atoms with Crippen LogP contribution < -0.4 is 10.1 Å². The minimum absolute atomic E-state index is 0.236. The molecule has 0 amide bonds. The standard InChI is InChI=1S/C15H27N3O2/c1-5-16-14(12-7-6-8-20-10-12)15-13(19-4)9-17-18(15)11(2)3/h9,11-12,14,16H,5-8,10H2,1-4H3. The zero-order valence-corrected chi connectivity index (χ0v) is 13.1. The van der Waals surface area contributed by atoms with Gasteiger partial charge in [-0.3, -0.25) is 4.68 Å².